The van der Waals surface area contributed by atoms with Gasteiger partial charge in [0.2, 0.25) is 53.7 Å². The van der Waals surface area contributed by atoms with Crippen molar-refractivity contribution >= 4 is 71.2 Å². The highest BCUT2D eigenvalue weighted by molar-refractivity contribution is 6.32. The number of phenols is 2. The van der Waals surface area contributed by atoms with E-state index < -0.39 is 132 Å². The number of primary amides is 1. The van der Waals surface area contributed by atoms with Crippen LogP contribution in [-0.2, 0) is 65.5 Å². The van der Waals surface area contributed by atoms with Gasteiger partial charge in [-0.05, 0) is 100 Å². The van der Waals surface area contributed by atoms with Crippen LogP contribution in [0.3, 0.4) is 0 Å². The van der Waals surface area contributed by atoms with E-state index in [-0.39, 0.29) is 74.4 Å². The molecular formula is C50H68ClN9O15. The number of aliphatic hydroxyl groups is 2. The van der Waals surface area contributed by atoms with E-state index in [2.05, 4.69) is 26.6 Å². The molecule has 3 saturated heterocycles. The Labute approximate surface area is 438 Å². The van der Waals surface area contributed by atoms with E-state index in [9.17, 15) is 68.4 Å². The number of aromatic hydroxyl groups is 2. The zero-order valence-corrected chi connectivity index (χ0v) is 43.2. The average Bonchev–Trinajstić information content (AvgIpc) is 3.86. The molecule has 9 amide bonds. The van der Waals surface area contributed by atoms with Crippen molar-refractivity contribution in [3.8, 4) is 11.5 Å². The number of piperidine rings is 1. The molecule has 3 aliphatic heterocycles. The Bertz CT molecular complexity index is 2450. The summed E-state index contributed by atoms with van der Waals surface area (Å²) in [5.74, 6) is -9.90. The van der Waals surface area contributed by atoms with Crippen LogP contribution in [0.15, 0.2) is 42.5 Å². The molecule has 24 nitrogen and oxygen atoms in total. The van der Waals surface area contributed by atoms with Crippen molar-refractivity contribution in [1.29, 1.82) is 0 Å². The van der Waals surface area contributed by atoms with Crippen molar-refractivity contribution in [2.24, 2.45) is 11.7 Å². The maximum atomic E-state index is 14.8. The number of ether oxygens (including phenoxy) is 1. The second kappa shape index (κ2) is 26.4. The molecule has 3 fully saturated rings. The number of rotatable bonds is 16. The third-order valence-corrected chi connectivity index (χ3v) is 14.2. The average molecular weight is 1070 g/mol. The summed E-state index contributed by atoms with van der Waals surface area (Å²) in [6.45, 7) is 6.00. The first-order valence-corrected chi connectivity index (χ1v) is 25.3. The molecule has 0 aromatic heterocycles. The number of likely N-dealkylation sites (tertiary alicyclic amines) is 1. The molecule has 75 heavy (non-hydrogen) atoms. The van der Waals surface area contributed by atoms with E-state index in [4.69, 9.17) is 22.1 Å². The first-order valence-electron chi connectivity index (χ1n) is 24.9. The number of aryl methyl sites for hydroxylation is 1. The van der Waals surface area contributed by atoms with Gasteiger partial charge in [0.05, 0.1) is 11.1 Å². The number of carbonyl (C=O) groups excluding carboxylic acids is 10. The zero-order chi connectivity index (χ0) is 55.4. The lowest BCUT2D eigenvalue weighted by atomic mass is 9.96. The monoisotopic (exact) mass is 1070 g/mol. The smallest absolute Gasteiger partial charge is 0.329 e. The van der Waals surface area contributed by atoms with E-state index in [1.165, 1.54) is 56.1 Å². The largest absolute Gasteiger partial charge is 0.508 e. The minimum Gasteiger partial charge on any atom is -0.508 e. The Balaban J connectivity index is 1.63. The number of carbonyl (C=O) groups is 10. The van der Waals surface area contributed by atoms with Crippen LogP contribution in [0, 0.1) is 5.92 Å². The van der Waals surface area contributed by atoms with Crippen molar-refractivity contribution in [2.75, 3.05) is 13.6 Å². The number of hydrogen-bond donors (Lipinski definition) is 10. The minimum absolute atomic E-state index is 0.0518. The first kappa shape index (κ1) is 58.8. The fraction of sp³-hybridized carbons (Fsp3) is 0.560. The van der Waals surface area contributed by atoms with E-state index in [1.54, 1.807) is 26.0 Å². The van der Waals surface area contributed by atoms with Gasteiger partial charge in [-0.2, -0.15) is 0 Å². The summed E-state index contributed by atoms with van der Waals surface area (Å²) in [6, 6.07) is -2.45. The molecular weight excluding hydrogens is 1000 g/mol. The van der Waals surface area contributed by atoms with Crippen LogP contribution in [0.2, 0.25) is 5.02 Å². The Morgan fingerprint density at radius 3 is 2.24 bits per heavy atom. The minimum atomic E-state index is -1.91. The van der Waals surface area contributed by atoms with Gasteiger partial charge in [0.15, 0.2) is 0 Å². The van der Waals surface area contributed by atoms with E-state index in [0.717, 1.165) is 4.90 Å². The van der Waals surface area contributed by atoms with E-state index in [1.807, 2.05) is 0 Å². The first-order chi connectivity index (χ1) is 35.4. The molecule has 3 heterocycles. The second-order valence-electron chi connectivity index (χ2n) is 19.3. The number of hydrogen-bond acceptors (Lipinski definition) is 15. The normalized spacial score (nSPS) is 26.5. The van der Waals surface area contributed by atoms with Gasteiger partial charge in [0, 0.05) is 26.4 Å². The lowest BCUT2D eigenvalue weighted by molar-refractivity contribution is -0.170. The van der Waals surface area contributed by atoms with Gasteiger partial charge in [-0.15, -0.1) is 0 Å². The lowest BCUT2D eigenvalue weighted by Gasteiger charge is -2.43. The highest BCUT2D eigenvalue weighted by atomic mass is 35.5. The summed E-state index contributed by atoms with van der Waals surface area (Å²) < 4.78 is 5.92. The fourth-order valence-electron chi connectivity index (χ4n) is 9.28. The summed E-state index contributed by atoms with van der Waals surface area (Å²) >= 11 is 6.24. The third kappa shape index (κ3) is 15.1. The maximum Gasteiger partial charge on any atom is 0.329 e. The van der Waals surface area contributed by atoms with Gasteiger partial charge in [-0.1, -0.05) is 50.1 Å². The quantitative estimate of drug-likeness (QED) is 0.0694. The van der Waals surface area contributed by atoms with E-state index in [0.29, 0.717) is 28.9 Å². The molecule has 3 aliphatic rings. The molecule has 410 valence electrons. The number of likely N-dealkylation sites (N-methyl/N-ethyl adjacent to an activating group) is 1. The number of fused-ring (bicyclic) bond motifs is 2. The molecule has 12 atom stereocenters. The van der Waals surface area contributed by atoms with Crippen LogP contribution in [0.1, 0.15) is 90.2 Å². The van der Waals surface area contributed by atoms with Crippen LogP contribution in [0.5, 0.6) is 11.5 Å². The summed E-state index contributed by atoms with van der Waals surface area (Å²) in [5.41, 5.74) is 6.34. The van der Waals surface area contributed by atoms with Gasteiger partial charge in [0.25, 0.3) is 0 Å². The number of halogens is 1. The molecule has 11 N–H and O–H groups in total. The summed E-state index contributed by atoms with van der Waals surface area (Å²) in [4.78, 5) is 142. The number of nitrogens with one attached hydrogen (secondary N) is 5. The van der Waals surface area contributed by atoms with Crippen LogP contribution >= 0.6 is 11.6 Å². The van der Waals surface area contributed by atoms with Crippen molar-refractivity contribution in [3.05, 3.63) is 58.6 Å². The standard InChI is InChI=1S/C50H68ClN9O15/c1-6-25(2)40-50(74)75-27(4)41(57-44(68)33(16-19-38(52)65)53-45(69)35-8-7-21-59(35)24-61)47(71)54-32(15-11-28-9-13-30(63)14-10-28)43(67)55-34-17-20-39(66)60(48(34)72)42(26(3)62)49(73)58(5)36(46(70)56-40)23-29-12-18-37(64)31(51)22-29/h9-10,12-14,18,22,24-27,32-36,39-42,62-64,66H,6-8,11,15-17,19-21,23H2,1-5H3,(H2,52,65)(H,53,69)(H,54,71)(H,55,67)(H,56,70)(H,57,68)/t25-,26+,27+,32-,33-,34-,35-,36?,39+,40-,41-,42-/m0/s1. The number of nitrogens with zero attached hydrogens (tertiary/aromatic N) is 3. The number of nitrogens with two attached hydrogens (primary N) is 1. The molecule has 1 unspecified atom stereocenters. The SMILES string of the molecule is CC[C@H](C)[C@@H]1NC(=O)C(Cc2ccc(O)c(Cl)c2)N(C)C(=O)[C@H]([C@@H](C)O)N2C(=O)[C@H](CC[C@H]2O)NC(=O)[C@H](CCc2ccc(O)cc2)NC(=O)[C@@H](NC(=O)[C@H](CCC(N)=O)NC(=O)[C@@H]2CCCN2C=O)[C@@H](C)OC1=O. The number of aliphatic hydroxyl groups excluding tert-OH is 2. The summed E-state index contributed by atoms with van der Waals surface area (Å²) in [7, 11) is 1.21. The number of cyclic esters (lactones) is 1. The topological polar surface area (TPSA) is 357 Å². The van der Waals surface area contributed by atoms with Gasteiger partial charge >= 0.3 is 5.97 Å². The molecule has 2 bridgehead atoms. The predicted molar refractivity (Wildman–Crippen MR) is 266 cm³/mol. The molecule has 0 aliphatic carbocycles. The van der Waals surface area contributed by atoms with Gasteiger partial charge < -0.3 is 72.2 Å². The Hall–Kier alpha value is -7.05. The van der Waals surface area contributed by atoms with Crippen LogP contribution in [0.25, 0.3) is 0 Å². The molecule has 5 rings (SSSR count). The molecule has 0 saturated carbocycles. The molecule has 0 spiro atoms. The lowest BCUT2D eigenvalue weighted by Crippen LogP contribution is -2.67. The number of benzene rings is 2. The second-order valence-corrected chi connectivity index (χ2v) is 19.7. The molecule has 2 aromatic rings. The van der Waals surface area contributed by atoms with Crippen molar-refractivity contribution < 1.29 is 73.1 Å². The van der Waals surface area contributed by atoms with Crippen LogP contribution in [0.4, 0.5) is 0 Å². The Morgan fingerprint density at radius 2 is 1.61 bits per heavy atom. The predicted octanol–water partition coefficient (Wildman–Crippen LogP) is -1.25. The summed E-state index contributed by atoms with van der Waals surface area (Å²) in [6.07, 6.45) is -5.20. The number of esters is 1. The zero-order valence-electron chi connectivity index (χ0n) is 42.4. The van der Waals surface area contributed by atoms with Gasteiger partial charge in [0.1, 0.15) is 72.2 Å². The van der Waals surface area contributed by atoms with Gasteiger partial charge in [-0.3, -0.25) is 43.2 Å². The van der Waals surface area contributed by atoms with Gasteiger partial charge in [-0.25, -0.2) is 4.79 Å². The van der Waals surface area contributed by atoms with Crippen molar-refractivity contribution in [3.63, 3.8) is 0 Å². The highest BCUT2D eigenvalue weighted by Gasteiger charge is 2.47. The van der Waals surface area contributed by atoms with Crippen molar-refractivity contribution in [1.82, 2.24) is 41.3 Å². The van der Waals surface area contributed by atoms with Crippen LogP contribution < -0.4 is 32.3 Å². The third-order valence-electron chi connectivity index (χ3n) is 13.9. The molecule has 2 aromatic carbocycles. The Morgan fingerprint density at radius 1 is 0.933 bits per heavy atom. The fourth-order valence-corrected chi connectivity index (χ4v) is 9.48. The molecule has 0 radical (unpaired) electrons. The maximum absolute atomic E-state index is 14.8. The summed E-state index contributed by atoms with van der Waals surface area (Å²) in [5, 5.41) is 55.5. The highest BCUT2D eigenvalue weighted by Crippen LogP contribution is 2.28. The number of amides is 9. The molecule has 25 heteroatoms. The van der Waals surface area contributed by atoms with Crippen molar-refractivity contribution in [2.45, 2.75) is 159 Å². The van der Waals surface area contributed by atoms with E-state index >= 15 is 0 Å². The Kier molecular flexibility index (Phi) is 20.7. The van der Waals surface area contributed by atoms with Crippen LogP contribution in [-0.4, -0.2) is 175 Å². The number of phenolic OH excluding ortho intramolecular Hbond substituents is 2.